The van der Waals surface area contributed by atoms with Crippen LogP contribution in [0.2, 0.25) is 0 Å². The lowest BCUT2D eigenvalue weighted by atomic mass is 10.1. The number of rotatable bonds is 7. The van der Waals surface area contributed by atoms with Crippen molar-refractivity contribution in [1.29, 1.82) is 0 Å². The molecule has 1 fully saturated rings. The molecule has 1 saturated heterocycles. The molecule has 0 atom stereocenters. The zero-order valence-corrected chi connectivity index (χ0v) is 17.8. The second-order valence-electron chi connectivity index (χ2n) is 6.74. The van der Waals surface area contributed by atoms with Crippen molar-refractivity contribution in [2.75, 3.05) is 32.8 Å². The van der Waals surface area contributed by atoms with Gasteiger partial charge in [0.05, 0.1) is 23.0 Å². The number of ether oxygens (including phenoxy) is 1. The van der Waals surface area contributed by atoms with Crippen LogP contribution < -0.4 is 10.5 Å². The molecule has 3 rings (SSSR count). The third-order valence-electron chi connectivity index (χ3n) is 4.68. The van der Waals surface area contributed by atoms with Crippen LogP contribution in [-0.2, 0) is 31.2 Å². The van der Waals surface area contributed by atoms with E-state index in [1.807, 2.05) is 0 Å². The Morgan fingerprint density at radius 1 is 0.933 bits per heavy atom. The highest BCUT2D eigenvalue weighted by atomic mass is 32.2. The number of hydrogen-bond donors (Lipinski definition) is 2. The summed E-state index contributed by atoms with van der Waals surface area (Å²) in [5.41, 5.74) is 1.19. The predicted octanol–water partition coefficient (Wildman–Crippen LogP) is 0.327. The highest BCUT2D eigenvalue weighted by Crippen LogP contribution is 2.17. The van der Waals surface area contributed by atoms with E-state index in [0.717, 1.165) is 5.56 Å². The van der Waals surface area contributed by atoms with Gasteiger partial charge in [-0.3, -0.25) is 4.79 Å². The number of sulfonamides is 2. The van der Waals surface area contributed by atoms with E-state index < -0.39 is 20.0 Å². The van der Waals surface area contributed by atoms with E-state index in [0.29, 0.717) is 44.8 Å². The van der Waals surface area contributed by atoms with Gasteiger partial charge in [0.15, 0.2) is 0 Å². The first kappa shape index (κ1) is 22.4. The van der Waals surface area contributed by atoms with Crippen LogP contribution in [0.5, 0.6) is 0 Å². The van der Waals surface area contributed by atoms with Crippen molar-refractivity contribution >= 4 is 26.0 Å². The molecule has 1 heterocycles. The molecule has 3 N–H and O–H groups in total. The molecule has 2 aromatic carbocycles. The summed E-state index contributed by atoms with van der Waals surface area (Å²) >= 11 is 0. The van der Waals surface area contributed by atoms with Crippen molar-refractivity contribution < 1.29 is 26.4 Å². The lowest BCUT2D eigenvalue weighted by Crippen LogP contribution is -2.40. The molecule has 1 aliphatic rings. The van der Waals surface area contributed by atoms with Gasteiger partial charge in [0.1, 0.15) is 0 Å². The van der Waals surface area contributed by atoms with Crippen LogP contribution in [0.15, 0.2) is 58.3 Å². The molecule has 2 aromatic rings. The van der Waals surface area contributed by atoms with E-state index in [-0.39, 0.29) is 15.7 Å². The number of amides is 1. The minimum atomic E-state index is -3.73. The maximum Gasteiger partial charge on any atom is 0.251 e. The average Bonchev–Trinajstić information content (AvgIpc) is 2.74. The maximum absolute atomic E-state index is 12.6. The maximum atomic E-state index is 12.6. The Kier molecular flexibility index (Phi) is 6.88. The summed E-state index contributed by atoms with van der Waals surface area (Å²) in [6.07, 6.45) is 0.500. The fourth-order valence-corrected chi connectivity index (χ4v) is 4.91. The van der Waals surface area contributed by atoms with Crippen molar-refractivity contribution in [3.63, 3.8) is 0 Å². The largest absolute Gasteiger partial charge is 0.379 e. The van der Waals surface area contributed by atoms with Crippen molar-refractivity contribution in [2.45, 2.75) is 16.2 Å². The minimum absolute atomic E-state index is 0.0300. The van der Waals surface area contributed by atoms with Crippen molar-refractivity contribution in [3.8, 4) is 0 Å². The van der Waals surface area contributed by atoms with Crippen molar-refractivity contribution in [2.24, 2.45) is 5.14 Å². The molecule has 9 nitrogen and oxygen atoms in total. The Balaban J connectivity index is 1.56. The summed E-state index contributed by atoms with van der Waals surface area (Å²) in [4.78, 5) is 12.5. The van der Waals surface area contributed by atoms with Crippen LogP contribution in [0.4, 0.5) is 0 Å². The summed E-state index contributed by atoms with van der Waals surface area (Å²) in [5.74, 6) is -0.327. The van der Waals surface area contributed by atoms with Gasteiger partial charge in [0.2, 0.25) is 20.0 Å². The Morgan fingerprint density at radius 3 is 2.07 bits per heavy atom. The van der Waals surface area contributed by atoms with Gasteiger partial charge < -0.3 is 10.1 Å². The van der Waals surface area contributed by atoms with Crippen LogP contribution in [-0.4, -0.2) is 59.9 Å². The van der Waals surface area contributed by atoms with Gasteiger partial charge in [-0.15, -0.1) is 0 Å². The zero-order valence-electron chi connectivity index (χ0n) is 16.2. The fourth-order valence-electron chi connectivity index (χ4n) is 2.98. The van der Waals surface area contributed by atoms with E-state index in [2.05, 4.69) is 5.32 Å². The number of carbonyl (C=O) groups is 1. The molecule has 30 heavy (non-hydrogen) atoms. The molecule has 0 radical (unpaired) electrons. The van der Waals surface area contributed by atoms with Crippen LogP contribution >= 0.6 is 0 Å². The Hall–Kier alpha value is -2.31. The zero-order chi connectivity index (χ0) is 21.8. The van der Waals surface area contributed by atoms with Gasteiger partial charge in [-0.2, -0.15) is 4.31 Å². The average molecular weight is 454 g/mol. The highest BCUT2D eigenvalue weighted by molar-refractivity contribution is 7.89. The monoisotopic (exact) mass is 453 g/mol. The van der Waals surface area contributed by atoms with Gasteiger partial charge in [-0.1, -0.05) is 12.1 Å². The molecular formula is C19H23N3O6S2. The normalized spacial score (nSPS) is 15.6. The number of nitrogens with zero attached hydrogens (tertiary/aromatic N) is 1. The summed E-state index contributed by atoms with van der Waals surface area (Å²) in [7, 11) is -7.33. The second-order valence-corrected chi connectivity index (χ2v) is 10.2. The molecule has 0 unspecified atom stereocenters. The number of nitrogens with one attached hydrogen (secondary N) is 1. The highest BCUT2D eigenvalue weighted by Gasteiger charge is 2.26. The molecule has 0 saturated carbocycles. The molecule has 0 bridgehead atoms. The molecule has 0 aliphatic carbocycles. The summed E-state index contributed by atoms with van der Waals surface area (Å²) in [5, 5.41) is 7.82. The molecule has 162 valence electrons. The van der Waals surface area contributed by atoms with E-state index in [4.69, 9.17) is 9.88 Å². The lowest BCUT2D eigenvalue weighted by molar-refractivity contribution is 0.0730. The summed E-state index contributed by atoms with van der Waals surface area (Å²) in [6, 6.07) is 11.9. The standard InChI is InChI=1S/C19H23N3O6S2/c20-29(24,25)17-5-1-15(2-6-17)9-10-21-19(23)16-3-7-18(8-4-16)30(26,27)22-11-13-28-14-12-22/h1-8H,9-14H2,(H,21,23)(H2,20,24,25). The Morgan fingerprint density at radius 2 is 1.50 bits per heavy atom. The first-order chi connectivity index (χ1) is 14.2. The number of nitrogens with two attached hydrogens (primary N) is 1. The van der Waals surface area contributed by atoms with Crippen LogP contribution in [0.1, 0.15) is 15.9 Å². The van der Waals surface area contributed by atoms with E-state index in [1.54, 1.807) is 12.1 Å². The fraction of sp³-hybridized carbons (Fsp3) is 0.316. The molecule has 0 spiro atoms. The smallest absolute Gasteiger partial charge is 0.251 e. The predicted molar refractivity (Wildman–Crippen MR) is 110 cm³/mol. The van der Waals surface area contributed by atoms with E-state index in [1.165, 1.54) is 40.7 Å². The topological polar surface area (TPSA) is 136 Å². The number of carbonyl (C=O) groups excluding carboxylic acids is 1. The van der Waals surface area contributed by atoms with Gasteiger partial charge in [0, 0.05) is 25.2 Å². The molecule has 11 heteroatoms. The van der Waals surface area contributed by atoms with Crippen LogP contribution in [0, 0.1) is 0 Å². The number of benzene rings is 2. The van der Waals surface area contributed by atoms with Crippen LogP contribution in [0.3, 0.4) is 0 Å². The lowest BCUT2D eigenvalue weighted by Gasteiger charge is -2.26. The summed E-state index contributed by atoms with van der Waals surface area (Å²) in [6.45, 7) is 1.68. The minimum Gasteiger partial charge on any atom is -0.379 e. The summed E-state index contributed by atoms with van der Waals surface area (Å²) < 4.78 is 54.3. The molecular weight excluding hydrogens is 430 g/mol. The third-order valence-corrected chi connectivity index (χ3v) is 7.52. The molecule has 1 amide bonds. The van der Waals surface area contributed by atoms with Gasteiger partial charge in [-0.25, -0.2) is 22.0 Å². The first-order valence-electron chi connectivity index (χ1n) is 9.26. The van der Waals surface area contributed by atoms with Gasteiger partial charge >= 0.3 is 0 Å². The van der Waals surface area contributed by atoms with Gasteiger partial charge in [0.25, 0.3) is 5.91 Å². The first-order valence-corrected chi connectivity index (χ1v) is 12.2. The van der Waals surface area contributed by atoms with Crippen molar-refractivity contribution in [3.05, 3.63) is 59.7 Å². The third kappa shape index (κ3) is 5.43. The quantitative estimate of drug-likeness (QED) is 0.620. The Labute approximate surface area is 175 Å². The van der Waals surface area contributed by atoms with Crippen LogP contribution in [0.25, 0.3) is 0 Å². The van der Waals surface area contributed by atoms with Gasteiger partial charge in [-0.05, 0) is 48.4 Å². The molecule has 1 aliphatic heterocycles. The number of hydrogen-bond acceptors (Lipinski definition) is 6. The van der Waals surface area contributed by atoms with E-state index >= 15 is 0 Å². The second kappa shape index (κ2) is 9.23. The van der Waals surface area contributed by atoms with E-state index in [9.17, 15) is 21.6 Å². The number of morpholine rings is 1. The molecule has 0 aromatic heterocycles. The van der Waals surface area contributed by atoms with Crippen molar-refractivity contribution in [1.82, 2.24) is 9.62 Å². The SMILES string of the molecule is NS(=O)(=O)c1ccc(CCNC(=O)c2ccc(S(=O)(=O)N3CCOCC3)cc2)cc1. The number of primary sulfonamides is 1. The Bertz CT molecular complexity index is 1090.